The summed E-state index contributed by atoms with van der Waals surface area (Å²) < 4.78 is 10.5. The van der Waals surface area contributed by atoms with Crippen LogP contribution >= 0.6 is 0 Å². The maximum atomic E-state index is 12.4. The molecule has 140 valence electrons. The van der Waals surface area contributed by atoms with Crippen LogP contribution in [0, 0.1) is 5.92 Å². The summed E-state index contributed by atoms with van der Waals surface area (Å²) in [6.07, 6.45) is 1.21. The van der Waals surface area contributed by atoms with Crippen molar-refractivity contribution in [2.45, 2.75) is 26.8 Å². The number of benzene rings is 1. The molecule has 0 radical (unpaired) electrons. The summed E-state index contributed by atoms with van der Waals surface area (Å²) in [7, 11) is 3.22. The van der Waals surface area contributed by atoms with E-state index in [1.165, 1.54) is 6.42 Å². The van der Waals surface area contributed by atoms with Crippen molar-refractivity contribution in [1.29, 1.82) is 0 Å². The Kier molecular flexibility index (Phi) is 7.37. The van der Waals surface area contributed by atoms with Gasteiger partial charge in [-0.3, -0.25) is 4.90 Å². The van der Waals surface area contributed by atoms with Gasteiger partial charge in [-0.2, -0.15) is 0 Å². The Labute approximate surface area is 151 Å². The molecule has 0 unspecified atom stereocenters. The molecule has 1 aliphatic rings. The fourth-order valence-corrected chi connectivity index (χ4v) is 2.90. The van der Waals surface area contributed by atoms with E-state index in [0.717, 1.165) is 44.2 Å². The SMILES string of the molecule is COc1ccc(CNC(=O)N2CCN(CCC(C)C)CC2)cc1OC. The highest BCUT2D eigenvalue weighted by atomic mass is 16.5. The number of carbonyl (C=O) groups is 1. The lowest BCUT2D eigenvalue weighted by Crippen LogP contribution is -2.51. The maximum Gasteiger partial charge on any atom is 0.317 e. The molecular formula is C19H31N3O3. The molecule has 0 atom stereocenters. The van der Waals surface area contributed by atoms with Crippen LogP contribution in [-0.2, 0) is 6.54 Å². The van der Waals surface area contributed by atoms with Crippen molar-refractivity contribution in [3.63, 3.8) is 0 Å². The van der Waals surface area contributed by atoms with Gasteiger partial charge in [0, 0.05) is 32.7 Å². The van der Waals surface area contributed by atoms with E-state index in [1.54, 1.807) is 14.2 Å². The minimum Gasteiger partial charge on any atom is -0.493 e. The summed E-state index contributed by atoms with van der Waals surface area (Å²) in [6, 6.07) is 5.68. The van der Waals surface area contributed by atoms with Crippen molar-refractivity contribution in [3.8, 4) is 11.5 Å². The number of hydrogen-bond donors (Lipinski definition) is 1. The Bertz CT molecular complexity index is 555. The van der Waals surface area contributed by atoms with Crippen molar-refractivity contribution in [2.75, 3.05) is 46.9 Å². The van der Waals surface area contributed by atoms with Crippen molar-refractivity contribution in [1.82, 2.24) is 15.1 Å². The van der Waals surface area contributed by atoms with Crippen LogP contribution in [0.4, 0.5) is 4.79 Å². The van der Waals surface area contributed by atoms with Gasteiger partial charge in [-0.05, 0) is 36.6 Å². The van der Waals surface area contributed by atoms with Crippen LogP contribution < -0.4 is 14.8 Å². The number of nitrogens with one attached hydrogen (secondary N) is 1. The number of carbonyl (C=O) groups excluding carboxylic acids is 1. The number of urea groups is 1. The Morgan fingerprint density at radius 1 is 1.12 bits per heavy atom. The Balaban J connectivity index is 1.77. The van der Waals surface area contributed by atoms with Gasteiger partial charge in [0.05, 0.1) is 14.2 Å². The molecule has 25 heavy (non-hydrogen) atoms. The van der Waals surface area contributed by atoms with Gasteiger partial charge in [0.25, 0.3) is 0 Å². The zero-order valence-corrected chi connectivity index (χ0v) is 15.9. The van der Waals surface area contributed by atoms with Gasteiger partial charge >= 0.3 is 6.03 Å². The lowest BCUT2D eigenvalue weighted by Gasteiger charge is -2.35. The predicted molar refractivity (Wildman–Crippen MR) is 99.2 cm³/mol. The third kappa shape index (κ3) is 5.81. The molecule has 6 heteroatoms. The second-order valence-corrected chi connectivity index (χ2v) is 6.86. The van der Waals surface area contributed by atoms with Crippen LogP contribution in [0.15, 0.2) is 18.2 Å². The highest BCUT2D eigenvalue weighted by Crippen LogP contribution is 2.27. The van der Waals surface area contributed by atoms with E-state index in [1.807, 2.05) is 23.1 Å². The van der Waals surface area contributed by atoms with E-state index >= 15 is 0 Å². The molecule has 0 aromatic heterocycles. The molecule has 1 heterocycles. The smallest absolute Gasteiger partial charge is 0.317 e. The Hall–Kier alpha value is -1.95. The molecule has 0 aliphatic carbocycles. The zero-order valence-electron chi connectivity index (χ0n) is 15.9. The minimum absolute atomic E-state index is 0.00158. The van der Waals surface area contributed by atoms with Crippen molar-refractivity contribution in [3.05, 3.63) is 23.8 Å². The predicted octanol–water partition coefficient (Wildman–Crippen LogP) is 2.58. The van der Waals surface area contributed by atoms with Gasteiger partial charge < -0.3 is 19.7 Å². The highest BCUT2D eigenvalue weighted by Gasteiger charge is 2.20. The van der Waals surface area contributed by atoms with Crippen LogP contribution in [-0.4, -0.2) is 62.8 Å². The molecule has 0 bridgehead atoms. The lowest BCUT2D eigenvalue weighted by atomic mass is 10.1. The summed E-state index contributed by atoms with van der Waals surface area (Å²) in [5.41, 5.74) is 0.988. The monoisotopic (exact) mass is 349 g/mol. The second-order valence-electron chi connectivity index (χ2n) is 6.86. The molecular weight excluding hydrogens is 318 g/mol. The fraction of sp³-hybridized carbons (Fsp3) is 0.632. The molecule has 1 aromatic carbocycles. The maximum absolute atomic E-state index is 12.4. The average molecular weight is 349 g/mol. The van der Waals surface area contributed by atoms with E-state index in [4.69, 9.17) is 9.47 Å². The molecule has 1 fully saturated rings. The average Bonchev–Trinajstić information content (AvgIpc) is 2.64. The highest BCUT2D eigenvalue weighted by molar-refractivity contribution is 5.74. The van der Waals surface area contributed by atoms with E-state index in [9.17, 15) is 4.79 Å². The minimum atomic E-state index is -0.00158. The molecule has 1 aliphatic heterocycles. The van der Waals surface area contributed by atoms with Gasteiger partial charge in [0.1, 0.15) is 0 Å². The first kappa shape index (κ1) is 19.4. The third-order valence-electron chi connectivity index (χ3n) is 4.57. The van der Waals surface area contributed by atoms with Gasteiger partial charge in [-0.1, -0.05) is 19.9 Å². The summed E-state index contributed by atoms with van der Waals surface area (Å²) in [4.78, 5) is 16.7. The molecule has 6 nitrogen and oxygen atoms in total. The first-order valence-corrected chi connectivity index (χ1v) is 8.99. The molecule has 2 amide bonds. The van der Waals surface area contributed by atoms with Crippen LogP contribution in [0.1, 0.15) is 25.8 Å². The zero-order chi connectivity index (χ0) is 18.2. The molecule has 1 saturated heterocycles. The standard InChI is InChI=1S/C19H31N3O3/c1-15(2)7-8-21-9-11-22(12-10-21)19(23)20-14-16-5-6-17(24-3)18(13-16)25-4/h5-6,13,15H,7-12,14H2,1-4H3,(H,20,23). The van der Waals surface area contributed by atoms with Crippen LogP contribution in [0.25, 0.3) is 0 Å². The molecule has 1 N–H and O–H groups in total. The Morgan fingerprint density at radius 2 is 1.80 bits per heavy atom. The number of ether oxygens (including phenoxy) is 2. The first-order valence-electron chi connectivity index (χ1n) is 8.99. The quantitative estimate of drug-likeness (QED) is 0.822. The van der Waals surface area contributed by atoms with Crippen molar-refractivity contribution < 1.29 is 14.3 Å². The van der Waals surface area contributed by atoms with E-state index in [-0.39, 0.29) is 6.03 Å². The normalized spacial score (nSPS) is 15.3. The van der Waals surface area contributed by atoms with E-state index in [2.05, 4.69) is 24.1 Å². The molecule has 0 saturated carbocycles. The van der Waals surface area contributed by atoms with Crippen LogP contribution in [0.2, 0.25) is 0 Å². The van der Waals surface area contributed by atoms with Crippen molar-refractivity contribution >= 4 is 6.03 Å². The number of piperazine rings is 1. The summed E-state index contributed by atoms with van der Waals surface area (Å²) in [5, 5.41) is 2.99. The summed E-state index contributed by atoms with van der Waals surface area (Å²) >= 11 is 0. The topological polar surface area (TPSA) is 54.0 Å². The van der Waals surface area contributed by atoms with Gasteiger partial charge in [-0.25, -0.2) is 4.79 Å². The number of nitrogens with zero attached hydrogens (tertiary/aromatic N) is 2. The van der Waals surface area contributed by atoms with Gasteiger partial charge in [-0.15, -0.1) is 0 Å². The first-order chi connectivity index (χ1) is 12.0. The van der Waals surface area contributed by atoms with Gasteiger partial charge in [0.15, 0.2) is 11.5 Å². The third-order valence-corrected chi connectivity index (χ3v) is 4.57. The number of rotatable bonds is 7. The number of hydrogen-bond acceptors (Lipinski definition) is 4. The van der Waals surface area contributed by atoms with Crippen LogP contribution in [0.5, 0.6) is 11.5 Å². The molecule has 1 aromatic rings. The van der Waals surface area contributed by atoms with Crippen molar-refractivity contribution in [2.24, 2.45) is 5.92 Å². The summed E-state index contributed by atoms with van der Waals surface area (Å²) in [5.74, 6) is 2.09. The lowest BCUT2D eigenvalue weighted by molar-refractivity contribution is 0.135. The Morgan fingerprint density at radius 3 is 2.40 bits per heavy atom. The molecule has 0 spiro atoms. The van der Waals surface area contributed by atoms with Gasteiger partial charge in [0.2, 0.25) is 0 Å². The fourth-order valence-electron chi connectivity index (χ4n) is 2.90. The summed E-state index contributed by atoms with van der Waals surface area (Å²) in [6.45, 7) is 9.58. The number of methoxy groups -OCH3 is 2. The largest absolute Gasteiger partial charge is 0.493 e. The second kappa shape index (κ2) is 9.51. The van der Waals surface area contributed by atoms with Crippen LogP contribution in [0.3, 0.4) is 0 Å². The van der Waals surface area contributed by atoms with E-state index < -0.39 is 0 Å². The molecule has 2 rings (SSSR count). The number of amides is 2. The van der Waals surface area contributed by atoms with E-state index in [0.29, 0.717) is 18.0 Å².